The topological polar surface area (TPSA) is 46.3 Å². The highest BCUT2D eigenvalue weighted by molar-refractivity contribution is 5.85. The number of hydrogen-bond acceptors (Lipinski definition) is 2. The van der Waals surface area contributed by atoms with Crippen LogP contribution < -0.4 is 5.73 Å². The number of amides is 1. The molecule has 4 heteroatoms. The predicted molar refractivity (Wildman–Crippen MR) is 75.6 cm³/mol. The van der Waals surface area contributed by atoms with Crippen molar-refractivity contribution in [3.05, 3.63) is 35.9 Å². The second-order valence-corrected chi connectivity index (χ2v) is 4.74. The van der Waals surface area contributed by atoms with E-state index in [2.05, 4.69) is 6.92 Å². The van der Waals surface area contributed by atoms with Gasteiger partial charge in [0, 0.05) is 13.1 Å². The van der Waals surface area contributed by atoms with Gasteiger partial charge in [0.25, 0.3) is 0 Å². The van der Waals surface area contributed by atoms with Crippen molar-refractivity contribution >= 4 is 18.3 Å². The van der Waals surface area contributed by atoms with Crippen molar-refractivity contribution in [3.8, 4) is 0 Å². The minimum absolute atomic E-state index is 0. The second-order valence-electron chi connectivity index (χ2n) is 4.74. The zero-order valence-electron chi connectivity index (χ0n) is 10.7. The van der Waals surface area contributed by atoms with Gasteiger partial charge in [0.1, 0.15) is 6.04 Å². The number of benzene rings is 1. The van der Waals surface area contributed by atoms with Gasteiger partial charge in [0.15, 0.2) is 0 Å². The van der Waals surface area contributed by atoms with Crippen LogP contribution in [-0.2, 0) is 4.79 Å². The van der Waals surface area contributed by atoms with Gasteiger partial charge in [0.05, 0.1) is 0 Å². The minimum atomic E-state index is -0.508. The third-order valence-electron chi connectivity index (χ3n) is 3.60. The molecular weight excluding hydrogens is 248 g/mol. The van der Waals surface area contributed by atoms with Crippen LogP contribution >= 0.6 is 12.4 Å². The molecule has 2 unspecified atom stereocenters. The summed E-state index contributed by atoms with van der Waals surface area (Å²) in [5.41, 5.74) is 6.91. The molecule has 0 saturated carbocycles. The first-order valence-electron chi connectivity index (χ1n) is 6.31. The Balaban J connectivity index is 0.00000162. The van der Waals surface area contributed by atoms with Crippen LogP contribution in [0.1, 0.15) is 31.4 Å². The molecule has 1 amide bonds. The molecule has 1 heterocycles. The Bertz CT molecular complexity index is 383. The molecule has 1 aliphatic rings. The molecule has 0 radical (unpaired) electrons. The molecule has 18 heavy (non-hydrogen) atoms. The van der Waals surface area contributed by atoms with E-state index in [1.54, 1.807) is 0 Å². The Kier molecular flexibility index (Phi) is 5.63. The molecule has 3 nitrogen and oxygen atoms in total. The quantitative estimate of drug-likeness (QED) is 0.915. The molecule has 1 aromatic carbocycles. The van der Waals surface area contributed by atoms with E-state index in [4.69, 9.17) is 5.73 Å². The van der Waals surface area contributed by atoms with E-state index in [1.165, 1.54) is 0 Å². The standard InChI is InChI=1S/C14H20N2O.ClH/c1-2-11-8-9-16(10-11)14(17)13(15)12-6-4-3-5-7-12;/h3-7,11,13H,2,8-10,15H2,1H3;1H. The fourth-order valence-electron chi connectivity index (χ4n) is 2.37. The van der Waals surface area contributed by atoms with Gasteiger partial charge in [0.2, 0.25) is 5.91 Å². The third kappa shape index (κ3) is 3.24. The highest BCUT2D eigenvalue weighted by atomic mass is 35.5. The van der Waals surface area contributed by atoms with Crippen molar-refractivity contribution in [2.75, 3.05) is 13.1 Å². The van der Waals surface area contributed by atoms with Crippen molar-refractivity contribution in [2.24, 2.45) is 11.7 Å². The van der Waals surface area contributed by atoms with Gasteiger partial charge in [-0.25, -0.2) is 0 Å². The summed E-state index contributed by atoms with van der Waals surface area (Å²) in [6.07, 6.45) is 2.26. The third-order valence-corrected chi connectivity index (χ3v) is 3.60. The van der Waals surface area contributed by atoms with Crippen molar-refractivity contribution in [1.82, 2.24) is 4.90 Å². The van der Waals surface area contributed by atoms with Crippen LogP contribution in [-0.4, -0.2) is 23.9 Å². The lowest BCUT2D eigenvalue weighted by atomic mass is 10.1. The van der Waals surface area contributed by atoms with Crippen LogP contribution in [0.2, 0.25) is 0 Å². The van der Waals surface area contributed by atoms with Gasteiger partial charge in [-0.2, -0.15) is 0 Å². The van der Waals surface area contributed by atoms with Gasteiger partial charge in [-0.3, -0.25) is 4.79 Å². The molecule has 0 bridgehead atoms. The summed E-state index contributed by atoms with van der Waals surface area (Å²) >= 11 is 0. The number of carbonyl (C=O) groups is 1. The molecule has 1 aliphatic heterocycles. The normalized spacial score (nSPS) is 20.3. The maximum atomic E-state index is 12.2. The van der Waals surface area contributed by atoms with Crippen LogP contribution in [0.4, 0.5) is 0 Å². The van der Waals surface area contributed by atoms with E-state index >= 15 is 0 Å². The summed E-state index contributed by atoms with van der Waals surface area (Å²) in [6, 6.07) is 9.09. The van der Waals surface area contributed by atoms with E-state index in [1.807, 2.05) is 35.2 Å². The molecule has 0 aliphatic carbocycles. The number of nitrogens with two attached hydrogens (primary N) is 1. The molecule has 0 aromatic heterocycles. The summed E-state index contributed by atoms with van der Waals surface area (Å²) in [5.74, 6) is 0.717. The van der Waals surface area contributed by atoms with Gasteiger partial charge >= 0.3 is 0 Å². The molecular formula is C14H21ClN2O. The molecule has 2 atom stereocenters. The molecule has 1 aromatic rings. The number of rotatable bonds is 3. The number of hydrogen-bond donors (Lipinski definition) is 1. The Hall–Kier alpha value is -1.06. The van der Waals surface area contributed by atoms with Crippen LogP contribution in [0.3, 0.4) is 0 Å². The highest BCUT2D eigenvalue weighted by Crippen LogP contribution is 2.22. The first kappa shape index (κ1) is 15.0. The van der Waals surface area contributed by atoms with Crippen LogP contribution in [0.5, 0.6) is 0 Å². The number of carbonyl (C=O) groups excluding carboxylic acids is 1. The average Bonchev–Trinajstić information content (AvgIpc) is 2.87. The largest absolute Gasteiger partial charge is 0.341 e. The molecule has 1 fully saturated rings. The summed E-state index contributed by atoms with van der Waals surface area (Å²) < 4.78 is 0. The van der Waals surface area contributed by atoms with Gasteiger partial charge in [-0.15, -0.1) is 12.4 Å². The lowest BCUT2D eigenvalue weighted by Gasteiger charge is -2.21. The number of nitrogens with zero attached hydrogens (tertiary/aromatic N) is 1. The first-order valence-corrected chi connectivity index (χ1v) is 6.31. The molecule has 2 N–H and O–H groups in total. The van der Waals surface area contributed by atoms with E-state index in [9.17, 15) is 4.79 Å². The Morgan fingerprint density at radius 1 is 1.44 bits per heavy atom. The number of likely N-dealkylation sites (tertiary alicyclic amines) is 1. The smallest absolute Gasteiger partial charge is 0.244 e. The maximum Gasteiger partial charge on any atom is 0.244 e. The Morgan fingerprint density at radius 2 is 2.11 bits per heavy atom. The predicted octanol–water partition coefficient (Wildman–Crippen LogP) is 2.37. The van der Waals surface area contributed by atoms with E-state index < -0.39 is 6.04 Å². The molecule has 2 rings (SSSR count). The monoisotopic (exact) mass is 268 g/mol. The fourth-order valence-corrected chi connectivity index (χ4v) is 2.37. The average molecular weight is 269 g/mol. The van der Waals surface area contributed by atoms with Crippen molar-refractivity contribution in [1.29, 1.82) is 0 Å². The Labute approximate surface area is 115 Å². The second kappa shape index (κ2) is 6.76. The van der Waals surface area contributed by atoms with Crippen molar-refractivity contribution in [2.45, 2.75) is 25.8 Å². The zero-order valence-corrected chi connectivity index (χ0v) is 11.5. The van der Waals surface area contributed by atoms with Gasteiger partial charge in [-0.1, -0.05) is 43.7 Å². The summed E-state index contributed by atoms with van der Waals surface area (Å²) in [6.45, 7) is 3.91. The molecule has 0 spiro atoms. The number of halogens is 1. The Morgan fingerprint density at radius 3 is 2.67 bits per heavy atom. The van der Waals surface area contributed by atoms with Crippen molar-refractivity contribution < 1.29 is 4.79 Å². The van der Waals surface area contributed by atoms with E-state index in [0.29, 0.717) is 5.92 Å². The minimum Gasteiger partial charge on any atom is -0.341 e. The molecule has 1 saturated heterocycles. The van der Waals surface area contributed by atoms with Gasteiger partial charge < -0.3 is 10.6 Å². The molecule has 100 valence electrons. The fraction of sp³-hybridized carbons (Fsp3) is 0.500. The van der Waals surface area contributed by atoms with E-state index in [-0.39, 0.29) is 18.3 Å². The van der Waals surface area contributed by atoms with Crippen LogP contribution in [0, 0.1) is 5.92 Å². The summed E-state index contributed by atoms with van der Waals surface area (Å²) in [7, 11) is 0. The first-order chi connectivity index (χ1) is 8.22. The SMILES string of the molecule is CCC1CCN(C(=O)C(N)c2ccccc2)C1.Cl. The lowest BCUT2D eigenvalue weighted by molar-refractivity contribution is -0.131. The van der Waals surface area contributed by atoms with E-state index in [0.717, 1.165) is 31.5 Å². The zero-order chi connectivity index (χ0) is 12.3. The maximum absolute atomic E-state index is 12.2. The summed E-state index contributed by atoms with van der Waals surface area (Å²) in [4.78, 5) is 14.1. The van der Waals surface area contributed by atoms with Crippen LogP contribution in [0.15, 0.2) is 30.3 Å². The van der Waals surface area contributed by atoms with Crippen LogP contribution in [0.25, 0.3) is 0 Å². The lowest BCUT2D eigenvalue weighted by Crippen LogP contribution is -2.37. The highest BCUT2D eigenvalue weighted by Gasteiger charge is 2.28. The summed E-state index contributed by atoms with van der Waals surface area (Å²) in [5, 5.41) is 0. The van der Waals surface area contributed by atoms with Gasteiger partial charge in [-0.05, 0) is 17.9 Å². The van der Waals surface area contributed by atoms with Crippen molar-refractivity contribution in [3.63, 3.8) is 0 Å².